The zero-order valence-electron chi connectivity index (χ0n) is 19.0. The van der Waals surface area contributed by atoms with Gasteiger partial charge in [-0.2, -0.15) is 0 Å². The lowest BCUT2D eigenvalue weighted by Gasteiger charge is -2.38. The van der Waals surface area contributed by atoms with Crippen molar-refractivity contribution in [2.24, 2.45) is 0 Å². The van der Waals surface area contributed by atoms with E-state index in [1.54, 1.807) is 23.5 Å². The fourth-order valence-electron chi connectivity index (χ4n) is 3.88. The molecule has 3 rings (SSSR count). The number of carbonyl (C=O) groups excluding carboxylic acids is 1. The number of benzene rings is 1. The van der Waals surface area contributed by atoms with Crippen molar-refractivity contribution < 1.29 is 19.4 Å². The molecule has 1 amide bonds. The van der Waals surface area contributed by atoms with E-state index in [9.17, 15) is 9.90 Å². The maximum absolute atomic E-state index is 13.4. The normalized spacial score (nSPS) is 17.0. The van der Waals surface area contributed by atoms with Crippen molar-refractivity contribution in [1.29, 1.82) is 0 Å². The van der Waals surface area contributed by atoms with Crippen molar-refractivity contribution in [3.05, 3.63) is 51.2 Å². The summed E-state index contributed by atoms with van der Waals surface area (Å²) >= 11 is 7.71. The fraction of sp³-hybridized carbons (Fsp3) is 0.542. The largest absolute Gasteiger partial charge is 0.491 e. The lowest BCUT2D eigenvalue weighted by atomic mass is 10.00. The Balaban J connectivity index is 1.70. The van der Waals surface area contributed by atoms with E-state index in [4.69, 9.17) is 21.1 Å². The number of ether oxygens (including phenoxy) is 2. The summed E-state index contributed by atoms with van der Waals surface area (Å²) < 4.78 is 11.4. The Morgan fingerprint density at radius 1 is 1.31 bits per heavy atom. The molecule has 6 nitrogen and oxygen atoms in total. The predicted molar refractivity (Wildman–Crippen MR) is 129 cm³/mol. The van der Waals surface area contributed by atoms with Gasteiger partial charge in [0.1, 0.15) is 12.4 Å². The number of hydrogen-bond donors (Lipinski definition) is 1. The first-order valence-electron chi connectivity index (χ1n) is 11.1. The first-order chi connectivity index (χ1) is 15.4. The molecule has 8 heteroatoms. The Labute approximate surface area is 199 Å². The molecule has 1 N–H and O–H groups in total. The second-order valence-corrected chi connectivity index (χ2v) is 9.69. The topological polar surface area (TPSA) is 62.2 Å². The van der Waals surface area contributed by atoms with E-state index < -0.39 is 6.10 Å². The van der Waals surface area contributed by atoms with Crippen LogP contribution in [0.2, 0.25) is 5.02 Å². The molecule has 32 heavy (non-hydrogen) atoms. The Morgan fingerprint density at radius 3 is 2.75 bits per heavy atom. The van der Waals surface area contributed by atoms with Gasteiger partial charge in [0.2, 0.25) is 5.91 Å². The van der Waals surface area contributed by atoms with E-state index in [0.717, 1.165) is 17.7 Å². The molecule has 2 aromatic rings. The van der Waals surface area contributed by atoms with Gasteiger partial charge in [0.15, 0.2) is 0 Å². The number of thiophene rings is 1. The van der Waals surface area contributed by atoms with E-state index >= 15 is 0 Å². The summed E-state index contributed by atoms with van der Waals surface area (Å²) in [6.45, 7) is 8.49. The van der Waals surface area contributed by atoms with E-state index in [2.05, 4.69) is 11.4 Å². The SMILES string of the molecule is CCOC[C@H](O)CN(CC(=O)N1CCc2sccc2[C@H]1COc1ccc(Cl)cc1)C(C)C. The van der Waals surface area contributed by atoms with Crippen LogP contribution in [0.25, 0.3) is 0 Å². The van der Waals surface area contributed by atoms with E-state index in [0.29, 0.717) is 31.3 Å². The summed E-state index contributed by atoms with van der Waals surface area (Å²) in [5.74, 6) is 0.774. The monoisotopic (exact) mass is 480 g/mol. The van der Waals surface area contributed by atoms with Crippen LogP contribution in [-0.2, 0) is 16.0 Å². The van der Waals surface area contributed by atoms with Gasteiger partial charge in [0.25, 0.3) is 0 Å². The van der Waals surface area contributed by atoms with Gasteiger partial charge in [-0.15, -0.1) is 11.3 Å². The maximum Gasteiger partial charge on any atom is 0.237 e. The van der Waals surface area contributed by atoms with E-state index in [1.165, 1.54) is 4.88 Å². The minimum Gasteiger partial charge on any atom is -0.491 e. The number of carbonyl (C=O) groups is 1. The first-order valence-corrected chi connectivity index (χ1v) is 12.4. The van der Waals surface area contributed by atoms with Crippen LogP contribution in [-0.4, -0.2) is 72.4 Å². The molecule has 0 unspecified atom stereocenters. The zero-order valence-corrected chi connectivity index (χ0v) is 20.6. The second kappa shape index (κ2) is 12.0. The highest BCUT2D eigenvalue weighted by atomic mass is 35.5. The molecular formula is C24H33ClN2O4S. The lowest BCUT2D eigenvalue weighted by Crippen LogP contribution is -2.49. The van der Waals surface area contributed by atoms with Crippen LogP contribution in [0.4, 0.5) is 0 Å². The molecule has 0 bridgehead atoms. The summed E-state index contributed by atoms with van der Waals surface area (Å²) in [7, 11) is 0. The number of hydrogen-bond acceptors (Lipinski definition) is 6. The van der Waals surface area contributed by atoms with Gasteiger partial charge in [-0.3, -0.25) is 9.69 Å². The Hall–Kier alpha value is -1.64. The van der Waals surface area contributed by atoms with Gasteiger partial charge in [0.05, 0.1) is 25.3 Å². The molecule has 1 aliphatic rings. The summed E-state index contributed by atoms with van der Waals surface area (Å²) in [4.78, 5) is 18.7. The highest BCUT2D eigenvalue weighted by Gasteiger charge is 2.33. The molecule has 1 aliphatic heterocycles. The summed E-state index contributed by atoms with van der Waals surface area (Å²) in [5, 5.41) is 13.0. The minimum atomic E-state index is -0.626. The van der Waals surface area contributed by atoms with Crippen molar-refractivity contribution in [3.63, 3.8) is 0 Å². The van der Waals surface area contributed by atoms with Crippen molar-refractivity contribution >= 4 is 28.8 Å². The average molecular weight is 481 g/mol. The minimum absolute atomic E-state index is 0.0452. The first kappa shape index (κ1) is 25.0. The number of amides is 1. The third kappa shape index (κ3) is 6.68. The molecule has 176 valence electrons. The zero-order chi connectivity index (χ0) is 23.1. The highest BCUT2D eigenvalue weighted by Crippen LogP contribution is 2.34. The quantitative estimate of drug-likeness (QED) is 0.526. The Kier molecular flexibility index (Phi) is 9.37. The van der Waals surface area contributed by atoms with Crippen LogP contribution in [0.1, 0.15) is 37.3 Å². The molecule has 0 spiro atoms. The van der Waals surface area contributed by atoms with Crippen molar-refractivity contribution in [1.82, 2.24) is 9.80 Å². The number of nitrogens with zero attached hydrogens (tertiary/aromatic N) is 2. The van der Waals surface area contributed by atoms with Crippen LogP contribution < -0.4 is 4.74 Å². The van der Waals surface area contributed by atoms with Crippen LogP contribution >= 0.6 is 22.9 Å². The molecule has 1 aromatic heterocycles. The number of rotatable bonds is 11. The van der Waals surface area contributed by atoms with Crippen molar-refractivity contribution in [2.75, 3.05) is 39.5 Å². The van der Waals surface area contributed by atoms with Crippen molar-refractivity contribution in [2.45, 2.75) is 45.4 Å². The molecular weight excluding hydrogens is 448 g/mol. The molecule has 2 atom stereocenters. The lowest BCUT2D eigenvalue weighted by molar-refractivity contribution is -0.137. The van der Waals surface area contributed by atoms with Gasteiger partial charge >= 0.3 is 0 Å². The van der Waals surface area contributed by atoms with E-state index in [1.807, 2.05) is 42.7 Å². The van der Waals surface area contributed by atoms with Crippen LogP contribution in [0.5, 0.6) is 5.75 Å². The van der Waals surface area contributed by atoms with Gasteiger partial charge in [-0.25, -0.2) is 0 Å². The third-order valence-corrected chi connectivity index (χ3v) is 6.91. The van der Waals surface area contributed by atoms with E-state index in [-0.39, 0.29) is 31.1 Å². The van der Waals surface area contributed by atoms with Crippen LogP contribution in [0.15, 0.2) is 35.7 Å². The van der Waals surface area contributed by atoms with Gasteiger partial charge in [-0.1, -0.05) is 11.6 Å². The third-order valence-electron chi connectivity index (χ3n) is 5.66. The molecule has 0 radical (unpaired) electrons. The molecule has 1 aromatic carbocycles. The van der Waals surface area contributed by atoms with Gasteiger partial charge in [-0.05, 0) is 68.5 Å². The standard InChI is InChI=1S/C24H33ClN2O4S/c1-4-30-15-19(28)13-26(17(2)3)14-24(29)27-11-9-23-21(10-12-32-23)22(27)16-31-20-7-5-18(25)6-8-20/h5-8,10,12,17,19,22,28H,4,9,11,13-16H2,1-3H3/t19-,22-/m1/s1. The maximum atomic E-state index is 13.4. The van der Waals surface area contributed by atoms with Gasteiger partial charge < -0.3 is 19.5 Å². The van der Waals surface area contributed by atoms with Crippen LogP contribution in [0, 0.1) is 0 Å². The van der Waals surface area contributed by atoms with Crippen LogP contribution in [0.3, 0.4) is 0 Å². The summed E-state index contributed by atoms with van der Waals surface area (Å²) in [6, 6.07) is 9.35. The fourth-order valence-corrected chi connectivity index (χ4v) is 4.93. The summed E-state index contributed by atoms with van der Waals surface area (Å²) in [6.07, 6.45) is 0.226. The smallest absolute Gasteiger partial charge is 0.237 e. The number of aliphatic hydroxyl groups is 1. The Morgan fingerprint density at radius 2 is 2.06 bits per heavy atom. The molecule has 0 saturated carbocycles. The molecule has 0 aliphatic carbocycles. The average Bonchev–Trinajstić information content (AvgIpc) is 3.25. The highest BCUT2D eigenvalue weighted by molar-refractivity contribution is 7.10. The second-order valence-electron chi connectivity index (χ2n) is 8.25. The molecule has 0 saturated heterocycles. The predicted octanol–water partition coefficient (Wildman–Crippen LogP) is 4.01. The number of halogens is 1. The number of aliphatic hydroxyl groups excluding tert-OH is 1. The number of fused-ring (bicyclic) bond motifs is 1. The van der Waals surface area contributed by atoms with Gasteiger partial charge in [0, 0.05) is 35.6 Å². The van der Waals surface area contributed by atoms with Crippen molar-refractivity contribution in [3.8, 4) is 5.75 Å². The molecule has 2 heterocycles. The summed E-state index contributed by atoms with van der Waals surface area (Å²) in [5.41, 5.74) is 1.16. The molecule has 0 fully saturated rings. The Bertz CT molecular complexity index is 858.